The van der Waals surface area contributed by atoms with Crippen molar-refractivity contribution in [2.45, 2.75) is 164 Å². The first-order valence-corrected chi connectivity index (χ1v) is 24.1. The number of hydrogen-bond acceptors (Lipinski definition) is 2. The molecule has 8 unspecified atom stereocenters. The van der Waals surface area contributed by atoms with Crippen molar-refractivity contribution in [3.8, 4) is 0 Å². The van der Waals surface area contributed by atoms with E-state index in [1.807, 2.05) is 11.1 Å². The van der Waals surface area contributed by atoms with Gasteiger partial charge in [-0.25, -0.2) is 0 Å². The molecule has 47 heavy (non-hydrogen) atoms. The van der Waals surface area contributed by atoms with Crippen molar-refractivity contribution in [2.75, 3.05) is 26.2 Å². The lowest BCUT2D eigenvalue weighted by atomic mass is 9.45. The number of rotatable bonds is 9. The van der Waals surface area contributed by atoms with Gasteiger partial charge in [-0.15, -0.1) is 17.2 Å². The molecule has 2 heterocycles. The van der Waals surface area contributed by atoms with Gasteiger partial charge in [0, 0.05) is 18.5 Å². The highest BCUT2D eigenvalue weighted by Crippen LogP contribution is 2.78. The van der Waals surface area contributed by atoms with Crippen molar-refractivity contribution in [1.29, 1.82) is 0 Å². The zero-order chi connectivity index (χ0) is 32.1. The molecular formula is C42H67N2P3. The van der Waals surface area contributed by atoms with Crippen LogP contribution in [-0.2, 0) is 6.16 Å². The van der Waals surface area contributed by atoms with Crippen LogP contribution in [0.25, 0.3) is 0 Å². The van der Waals surface area contributed by atoms with Crippen LogP contribution in [0.1, 0.15) is 147 Å². The van der Waals surface area contributed by atoms with Gasteiger partial charge >= 0.3 is 0 Å². The minimum atomic E-state index is -0.0301. The van der Waals surface area contributed by atoms with E-state index in [1.54, 1.807) is 38.5 Å². The van der Waals surface area contributed by atoms with E-state index in [2.05, 4.69) is 62.6 Å². The third kappa shape index (κ3) is 6.43. The summed E-state index contributed by atoms with van der Waals surface area (Å²) in [6.45, 7) is 15.9. The van der Waals surface area contributed by atoms with Crippen LogP contribution in [-0.4, -0.2) is 47.8 Å². The maximum atomic E-state index is 3.86. The molecule has 260 valence electrons. The molecule has 5 heteroatoms. The Morgan fingerprint density at radius 3 is 1.55 bits per heavy atom. The smallest absolute Gasteiger partial charge is 0.0199 e. The lowest BCUT2D eigenvalue weighted by molar-refractivity contribution is -0.0794. The first-order chi connectivity index (χ1) is 22.4. The third-order valence-corrected chi connectivity index (χ3v) is 23.2. The van der Waals surface area contributed by atoms with Gasteiger partial charge in [0.25, 0.3) is 0 Å². The predicted molar refractivity (Wildman–Crippen MR) is 208 cm³/mol. The van der Waals surface area contributed by atoms with Crippen LogP contribution < -0.4 is 10.6 Å². The van der Waals surface area contributed by atoms with Crippen LogP contribution in [0.5, 0.6) is 0 Å². The lowest BCUT2D eigenvalue weighted by Gasteiger charge is -2.67. The van der Waals surface area contributed by atoms with Crippen molar-refractivity contribution >= 4 is 25.1 Å². The topological polar surface area (TPSA) is 24.1 Å². The van der Waals surface area contributed by atoms with E-state index in [0.29, 0.717) is 32.0 Å². The van der Waals surface area contributed by atoms with E-state index in [-0.39, 0.29) is 7.92 Å². The molecular weight excluding hydrogens is 625 g/mol. The minimum Gasteiger partial charge on any atom is -0.316 e. The Hall–Kier alpha value is 0.430. The zero-order valence-corrected chi connectivity index (χ0v) is 33.4. The van der Waals surface area contributed by atoms with Gasteiger partial charge in [-0.2, -0.15) is 0 Å². The van der Waals surface area contributed by atoms with Gasteiger partial charge in [0.1, 0.15) is 0 Å². The van der Waals surface area contributed by atoms with Crippen LogP contribution in [0.2, 0.25) is 0 Å². The fourth-order valence-electron chi connectivity index (χ4n) is 16.0. The van der Waals surface area contributed by atoms with Gasteiger partial charge in [0.2, 0.25) is 0 Å². The average Bonchev–Trinajstić information content (AvgIpc) is 2.97. The van der Waals surface area contributed by atoms with Gasteiger partial charge < -0.3 is 10.6 Å². The molecule has 8 saturated carbocycles. The first-order valence-electron chi connectivity index (χ1n) is 20.2. The molecule has 2 nitrogen and oxygen atoms in total. The van der Waals surface area contributed by atoms with E-state index < -0.39 is 0 Å². The molecule has 0 radical (unpaired) electrons. The van der Waals surface area contributed by atoms with Crippen LogP contribution in [0.4, 0.5) is 0 Å². The van der Waals surface area contributed by atoms with Gasteiger partial charge in [-0.1, -0.05) is 59.9 Å². The molecule has 1 aromatic rings. The fraction of sp³-hybridized carbons (Fsp3) is 0.857. The molecule has 2 N–H and O–H groups in total. The molecule has 10 fully saturated rings. The summed E-state index contributed by atoms with van der Waals surface area (Å²) in [5.41, 5.74) is 7.96. The summed E-state index contributed by atoms with van der Waals surface area (Å²) in [7, 11) is 2.26. The second kappa shape index (κ2) is 12.0. The lowest BCUT2D eigenvalue weighted by Crippen LogP contribution is -2.57. The molecule has 8 bridgehead atoms. The van der Waals surface area contributed by atoms with Crippen molar-refractivity contribution in [1.82, 2.24) is 10.6 Å². The summed E-state index contributed by atoms with van der Waals surface area (Å²) in [4.78, 5) is 0. The molecule has 10 aliphatic rings. The van der Waals surface area contributed by atoms with Crippen LogP contribution in [0, 0.1) is 33.5 Å². The van der Waals surface area contributed by atoms with Crippen LogP contribution >= 0.6 is 25.1 Å². The fourth-order valence-corrected chi connectivity index (χ4v) is 26.7. The maximum Gasteiger partial charge on any atom is 0.0199 e. The van der Waals surface area contributed by atoms with Crippen LogP contribution in [0.3, 0.4) is 0 Å². The normalized spacial score (nSPS) is 50.2. The number of benzene rings is 1. The van der Waals surface area contributed by atoms with Crippen molar-refractivity contribution in [2.24, 2.45) is 33.5 Å². The number of piperidine rings is 2. The molecule has 0 aromatic heterocycles. The van der Waals surface area contributed by atoms with E-state index in [0.717, 1.165) is 45.7 Å². The van der Waals surface area contributed by atoms with E-state index >= 15 is 0 Å². The Bertz CT molecular complexity index is 1220. The van der Waals surface area contributed by atoms with Gasteiger partial charge in [0.15, 0.2) is 0 Å². The molecule has 0 spiro atoms. The molecule has 1 aromatic carbocycles. The van der Waals surface area contributed by atoms with E-state index in [4.69, 9.17) is 0 Å². The monoisotopic (exact) mass is 692 g/mol. The summed E-state index contributed by atoms with van der Waals surface area (Å²) in [6, 6.07) is 10.3. The first kappa shape index (κ1) is 33.3. The Balaban J connectivity index is 1.08. The summed E-state index contributed by atoms with van der Waals surface area (Å²) < 4.78 is 0. The zero-order valence-electron chi connectivity index (χ0n) is 30.5. The molecule has 11 rings (SSSR count). The Morgan fingerprint density at radius 2 is 1.13 bits per heavy atom. The Labute approximate surface area is 293 Å². The Kier molecular flexibility index (Phi) is 8.48. The number of hydrogen-bond donors (Lipinski definition) is 2. The number of nitrogens with one attached hydrogen (secondary N) is 2. The highest BCUT2D eigenvalue weighted by molar-refractivity contribution is 7.59. The molecule has 0 amide bonds. The predicted octanol–water partition coefficient (Wildman–Crippen LogP) is 11.0. The van der Waals surface area contributed by atoms with Crippen molar-refractivity contribution in [3.63, 3.8) is 0 Å². The van der Waals surface area contributed by atoms with Gasteiger partial charge in [0.05, 0.1) is 0 Å². The molecule has 8 atom stereocenters. The minimum absolute atomic E-state index is 0.0301. The summed E-state index contributed by atoms with van der Waals surface area (Å²) in [5, 5.41) is 9.77. The van der Waals surface area contributed by atoms with Crippen LogP contribution in [0.15, 0.2) is 24.3 Å². The van der Waals surface area contributed by atoms with E-state index in [9.17, 15) is 0 Å². The Morgan fingerprint density at radius 1 is 0.660 bits per heavy atom. The highest BCUT2D eigenvalue weighted by atomic mass is 31.1. The summed E-state index contributed by atoms with van der Waals surface area (Å²) in [5.74, 6) is 2.02. The molecule has 2 saturated heterocycles. The van der Waals surface area contributed by atoms with Crippen molar-refractivity contribution < 1.29 is 0 Å². The standard InChI is InChI=1S/C42H67N2P3/c1-37-15-30-16-38(2,24-37)27-41(19-30,26-37)45-36(46-42-20-31-17-39(3,28-42)25-40(4,18-31)29-42)35-12-6-5-9-32(35)23-47(33-10-7-13-43-21-33)34-11-8-14-44-22-34/h5-6,9,12,30-31,33-34,36,43-46H,7-8,10-11,13-29H2,1-4H3. The largest absolute Gasteiger partial charge is 0.316 e. The third-order valence-electron chi connectivity index (χ3n) is 15.4. The maximum absolute atomic E-state index is 3.86. The highest BCUT2D eigenvalue weighted by Gasteiger charge is 2.63. The second-order valence-corrected chi connectivity index (χ2v) is 28.1. The molecule has 2 aliphatic heterocycles. The van der Waals surface area contributed by atoms with Crippen molar-refractivity contribution in [3.05, 3.63) is 35.4 Å². The second-order valence-electron chi connectivity index (χ2n) is 20.9. The van der Waals surface area contributed by atoms with E-state index in [1.165, 1.54) is 96.5 Å². The summed E-state index contributed by atoms with van der Waals surface area (Å²) in [6.07, 6.45) is 25.6. The SMILES string of the molecule is CC12CC3CC(C)(C1)CC(PC(PC14CC5CC(C)(CC(C)(C5)C1)C4)c1ccccc1CP(C1CCCNC1)C1CCCNC1)(C3)C2. The quantitative estimate of drug-likeness (QED) is 0.252. The van der Waals surface area contributed by atoms with Gasteiger partial charge in [-0.3, -0.25) is 0 Å². The summed E-state index contributed by atoms with van der Waals surface area (Å²) >= 11 is 0. The average molecular weight is 693 g/mol. The van der Waals surface area contributed by atoms with Gasteiger partial charge in [-0.05, 0) is 188 Å². The molecule has 8 aliphatic carbocycles.